The number of nitrogens with one attached hydrogen (secondary N) is 1. The molecular weight excluding hydrogens is 276 g/mol. The smallest absolute Gasteiger partial charge is 0.253 e. The lowest BCUT2D eigenvalue weighted by Crippen LogP contribution is -2.60. The fourth-order valence-corrected chi connectivity index (χ4v) is 3.33. The Bertz CT molecular complexity index is 446. The summed E-state index contributed by atoms with van der Waals surface area (Å²) in [7, 11) is 2.08. The van der Waals surface area contributed by atoms with Crippen molar-refractivity contribution in [3.05, 3.63) is 23.9 Å². The summed E-state index contributed by atoms with van der Waals surface area (Å²) in [4.78, 5) is 14.7. The highest BCUT2D eigenvalue weighted by molar-refractivity contribution is 5.97. The van der Waals surface area contributed by atoms with E-state index >= 15 is 0 Å². The van der Waals surface area contributed by atoms with Crippen LogP contribution in [0.4, 0.5) is 0 Å². The van der Waals surface area contributed by atoms with Gasteiger partial charge >= 0.3 is 0 Å². The molecule has 2 fully saturated rings. The minimum Gasteiger partial charge on any atom is -0.377 e. The number of rotatable bonds is 6. The summed E-state index contributed by atoms with van der Waals surface area (Å²) < 4.78 is 5.19. The van der Waals surface area contributed by atoms with Crippen LogP contribution in [-0.2, 0) is 9.53 Å². The number of carbonyl (C=O) groups excluding carboxylic acids is 1. The predicted molar refractivity (Wildman–Crippen MR) is 89.5 cm³/mol. The van der Waals surface area contributed by atoms with E-state index in [9.17, 15) is 4.79 Å². The van der Waals surface area contributed by atoms with E-state index < -0.39 is 0 Å². The maximum absolute atomic E-state index is 12.5. The first-order valence-electron chi connectivity index (χ1n) is 8.40. The van der Waals surface area contributed by atoms with Gasteiger partial charge in [0.15, 0.2) is 0 Å². The molecule has 0 aromatic carbocycles. The fraction of sp³-hybridized carbons (Fsp3) is 0.722. The minimum atomic E-state index is -0.229. The Morgan fingerprint density at radius 1 is 1.36 bits per heavy atom. The van der Waals surface area contributed by atoms with Crippen LogP contribution in [-0.4, -0.2) is 43.2 Å². The Labute approximate surface area is 134 Å². The Kier molecular flexibility index (Phi) is 5.68. The van der Waals surface area contributed by atoms with Gasteiger partial charge in [-0.05, 0) is 32.6 Å². The topological polar surface area (TPSA) is 41.6 Å². The third-order valence-corrected chi connectivity index (χ3v) is 4.92. The summed E-state index contributed by atoms with van der Waals surface area (Å²) in [6.45, 7) is 10.0. The molecule has 22 heavy (non-hydrogen) atoms. The van der Waals surface area contributed by atoms with E-state index in [2.05, 4.69) is 23.8 Å². The lowest BCUT2D eigenvalue weighted by Gasteiger charge is -2.39. The summed E-state index contributed by atoms with van der Waals surface area (Å²) in [5.74, 6) is 0.703. The Balaban J connectivity index is 1.99. The zero-order valence-electron chi connectivity index (χ0n) is 14.3. The molecule has 4 heteroatoms. The van der Waals surface area contributed by atoms with Crippen LogP contribution in [0.5, 0.6) is 0 Å². The van der Waals surface area contributed by atoms with E-state index in [-0.39, 0.29) is 11.4 Å². The van der Waals surface area contributed by atoms with Crippen molar-refractivity contribution >= 4 is 5.91 Å². The molecule has 2 rings (SSSR count). The van der Waals surface area contributed by atoms with Gasteiger partial charge < -0.3 is 15.0 Å². The van der Waals surface area contributed by atoms with Crippen molar-refractivity contribution in [2.24, 2.45) is 5.92 Å². The maximum Gasteiger partial charge on any atom is 0.253 e. The first-order valence-corrected chi connectivity index (χ1v) is 8.40. The lowest BCUT2D eigenvalue weighted by molar-refractivity contribution is -0.127. The Morgan fingerprint density at radius 2 is 2.00 bits per heavy atom. The highest BCUT2D eigenvalue weighted by Crippen LogP contribution is 2.25. The first-order chi connectivity index (χ1) is 10.4. The van der Waals surface area contributed by atoms with Gasteiger partial charge in [0.25, 0.3) is 5.91 Å². The zero-order chi connectivity index (χ0) is 16.2. The van der Waals surface area contributed by atoms with Gasteiger partial charge in [0.2, 0.25) is 0 Å². The molecule has 0 bridgehead atoms. The van der Waals surface area contributed by atoms with Gasteiger partial charge in [-0.15, -0.1) is 0 Å². The molecule has 0 aromatic heterocycles. The van der Waals surface area contributed by atoms with Gasteiger partial charge in [-0.25, -0.2) is 0 Å². The Hall–Kier alpha value is -1.29. The zero-order valence-corrected chi connectivity index (χ0v) is 14.3. The second kappa shape index (κ2) is 7.32. The van der Waals surface area contributed by atoms with Crippen LogP contribution in [0.3, 0.4) is 0 Å². The Morgan fingerprint density at radius 3 is 2.50 bits per heavy atom. The molecule has 0 radical (unpaired) electrons. The fourth-order valence-electron chi connectivity index (χ4n) is 3.33. The molecule has 1 amide bonds. The van der Waals surface area contributed by atoms with E-state index in [1.165, 1.54) is 32.1 Å². The van der Waals surface area contributed by atoms with Crippen LogP contribution >= 0.6 is 0 Å². The van der Waals surface area contributed by atoms with Gasteiger partial charge in [-0.3, -0.25) is 4.79 Å². The summed E-state index contributed by atoms with van der Waals surface area (Å²) >= 11 is 0. The molecule has 1 aliphatic heterocycles. The van der Waals surface area contributed by atoms with Gasteiger partial charge in [-0.1, -0.05) is 31.9 Å². The second-order valence-corrected chi connectivity index (χ2v) is 7.10. The van der Waals surface area contributed by atoms with Crippen molar-refractivity contribution < 1.29 is 9.53 Å². The standard InChI is InChI=1S/C18H30N2O2/c1-5-16(17(21)19-18(3)12-22-13-18)14(2)20(4)11-15-9-7-6-8-10-15/h5,15H,1,6-13H2,2-4H3,(H,19,21). The van der Waals surface area contributed by atoms with E-state index in [1.54, 1.807) is 6.08 Å². The van der Waals surface area contributed by atoms with Crippen molar-refractivity contribution in [2.75, 3.05) is 26.8 Å². The molecule has 124 valence electrons. The largest absolute Gasteiger partial charge is 0.377 e. The van der Waals surface area contributed by atoms with E-state index in [4.69, 9.17) is 4.74 Å². The van der Waals surface area contributed by atoms with Crippen LogP contribution in [0.15, 0.2) is 23.9 Å². The van der Waals surface area contributed by atoms with Gasteiger partial charge in [0.05, 0.1) is 24.3 Å². The molecule has 1 saturated heterocycles. The monoisotopic (exact) mass is 306 g/mol. The molecule has 1 aliphatic carbocycles. The van der Waals surface area contributed by atoms with Gasteiger partial charge in [0, 0.05) is 19.3 Å². The van der Waals surface area contributed by atoms with E-state index in [1.807, 2.05) is 13.8 Å². The number of nitrogens with zero attached hydrogens (tertiary/aromatic N) is 1. The summed E-state index contributed by atoms with van der Waals surface area (Å²) in [6, 6.07) is 0. The third kappa shape index (κ3) is 4.13. The summed E-state index contributed by atoms with van der Waals surface area (Å²) in [5, 5.41) is 3.06. The molecule has 0 aromatic rings. The molecule has 0 unspecified atom stereocenters. The normalized spacial score (nSPS) is 22.3. The molecule has 0 atom stereocenters. The summed E-state index contributed by atoms with van der Waals surface area (Å²) in [6.07, 6.45) is 8.34. The number of carbonyl (C=O) groups is 1. The number of amides is 1. The number of allylic oxidation sites excluding steroid dienone is 1. The lowest BCUT2D eigenvalue weighted by atomic mass is 9.89. The van der Waals surface area contributed by atoms with Crippen LogP contribution in [0.2, 0.25) is 0 Å². The van der Waals surface area contributed by atoms with Crippen LogP contribution < -0.4 is 5.32 Å². The van der Waals surface area contributed by atoms with Crippen LogP contribution in [0, 0.1) is 5.92 Å². The number of ether oxygens (including phenoxy) is 1. The molecule has 4 nitrogen and oxygen atoms in total. The van der Waals surface area contributed by atoms with Crippen molar-refractivity contribution in [1.29, 1.82) is 0 Å². The number of hydrogen-bond donors (Lipinski definition) is 1. The second-order valence-electron chi connectivity index (χ2n) is 7.10. The van der Waals surface area contributed by atoms with Crippen LogP contribution in [0.1, 0.15) is 46.0 Å². The van der Waals surface area contributed by atoms with Gasteiger partial charge in [-0.2, -0.15) is 0 Å². The van der Waals surface area contributed by atoms with Crippen molar-refractivity contribution in [3.8, 4) is 0 Å². The van der Waals surface area contributed by atoms with Crippen LogP contribution in [0.25, 0.3) is 0 Å². The molecule has 1 heterocycles. The van der Waals surface area contributed by atoms with Gasteiger partial charge in [0.1, 0.15) is 0 Å². The highest BCUT2D eigenvalue weighted by atomic mass is 16.5. The molecular formula is C18H30N2O2. The average molecular weight is 306 g/mol. The molecule has 1 saturated carbocycles. The minimum absolute atomic E-state index is 0.0474. The quantitative estimate of drug-likeness (QED) is 0.606. The van der Waals surface area contributed by atoms with E-state index in [0.717, 1.165) is 18.2 Å². The SMILES string of the molecule is C=CC(C(=O)NC1(C)COC1)=C(C)N(C)CC1CCCCC1. The number of hydrogen-bond acceptors (Lipinski definition) is 3. The summed E-state index contributed by atoms with van der Waals surface area (Å²) in [5.41, 5.74) is 1.45. The third-order valence-electron chi connectivity index (χ3n) is 4.92. The van der Waals surface area contributed by atoms with Crippen molar-refractivity contribution in [2.45, 2.75) is 51.5 Å². The average Bonchev–Trinajstić information content (AvgIpc) is 2.47. The first kappa shape index (κ1) is 17.1. The molecule has 2 aliphatic rings. The molecule has 0 spiro atoms. The molecule has 1 N–H and O–H groups in total. The maximum atomic E-state index is 12.5. The van der Waals surface area contributed by atoms with Crippen molar-refractivity contribution in [1.82, 2.24) is 10.2 Å². The highest BCUT2D eigenvalue weighted by Gasteiger charge is 2.35. The van der Waals surface area contributed by atoms with Crippen molar-refractivity contribution in [3.63, 3.8) is 0 Å². The van der Waals surface area contributed by atoms with E-state index in [0.29, 0.717) is 18.8 Å². The predicted octanol–water partition coefficient (Wildman–Crippen LogP) is 2.86.